The molecule has 1 amide bonds. The molecule has 0 aliphatic rings. The Labute approximate surface area is 119 Å². The van der Waals surface area contributed by atoms with Crippen LogP contribution in [-0.4, -0.2) is 17.5 Å². The van der Waals surface area contributed by atoms with Crippen molar-refractivity contribution in [1.29, 1.82) is 0 Å². The first-order chi connectivity index (χ1) is 9.70. The first-order valence-electron chi connectivity index (χ1n) is 6.83. The number of hydrogen-bond acceptors (Lipinski definition) is 2. The molecule has 1 heterocycles. The van der Waals surface area contributed by atoms with Crippen molar-refractivity contribution in [2.45, 2.75) is 26.1 Å². The Hall–Kier alpha value is -2.07. The lowest BCUT2D eigenvalue weighted by atomic mass is 10.2. The summed E-state index contributed by atoms with van der Waals surface area (Å²) >= 11 is 0. The highest BCUT2D eigenvalue weighted by Crippen LogP contribution is 2.12. The van der Waals surface area contributed by atoms with Crippen LogP contribution < -0.4 is 10.6 Å². The zero-order valence-corrected chi connectivity index (χ0v) is 12.0. The van der Waals surface area contributed by atoms with E-state index < -0.39 is 0 Å². The molecule has 0 fully saturated rings. The molecule has 0 aliphatic heterocycles. The Kier molecular flexibility index (Phi) is 4.96. The summed E-state index contributed by atoms with van der Waals surface area (Å²) in [6.45, 7) is 2.99. The highest BCUT2D eigenvalue weighted by Gasteiger charge is 2.10. The van der Waals surface area contributed by atoms with E-state index >= 15 is 0 Å². The molecule has 1 atom stereocenters. The monoisotopic (exact) mass is 271 g/mol. The molecule has 0 saturated heterocycles. The van der Waals surface area contributed by atoms with Gasteiger partial charge in [0.2, 0.25) is 5.91 Å². The zero-order valence-electron chi connectivity index (χ0n) is 12.0. The quantitative estimate of drug-likeness (QED) is 0.845. The van der Waals surface area contributed by atoms with Crippen LogP contribution in [0.15, 0.2) is 48.7 Å². The van der Waals surface area contributed by atoms with Gasteiger partial charge in [-0.15, -0.1) is 0 Å². The molecule has 4 nitrogen and oxygen atoms in total. The Morgan fingerprint density at radius 3 is 2.65 bits per heavy atom. The Morgan fingerprint density at radius 2 is 1.95 bits per heavy atom. The van der Waals surface area contributed by atoms with E-state index in [0.717, 1.165) is 11.3 Å². The lowest BCUT2D eigenvalue weighted by molar-refractivity contribution is -0.121. The third-order valence-electron chi connectivity index (χ3n) is 3.39. The predicted octanol–water partition coefficient (Wildman–Crippen LogP) is 2.08. The number of rotatable bonds is 6. The predicted molar refractivity (Wildman–Crippen MR) is 80.2 cm³/mol. The molecule has 2 aromatic rings. The van der Waals surface area contributed by atoms with Gasteiger partial charge in [-0.1, -0.05) is 30.3 Å². The molecule has 20 heavy (non-hydrogen) atoms. The summed E-state index contributed by atoms with van der Waals surface area (Å²) in [5.74, 6) is 0.0228. The normalized spacial score (nSPS) is 12.1. The lowest BCUT2D eigenvalue weighted by Gasteiger charge is -2.14. The molecule has 1 aromatic carbocycles. The van der Waals surface area contributed by atoms with E-state index in [-0.39, 0.29) is 11.9 Å². The highest BCUT2D eigenvalue weighted by atomic mass is 16.1. The topological polar surface area (TPSA) is 46.1 Å². The summed E-state index contributed by atoms with van der Waals surface area (Å²) in [4.78, 5) is 12.0. The molecular formula is C16H21N3O. The fourth-order valence-electron chi connectivity index (χ4n) is 2.12. The van der Waals surface area contributed by atoms with Crippen LogP contribution in [0.4, 0.5) is 0 Å². The average molecular weight is 271 g/mol. The number of nitrogens with zero attached hydrogens (tertiary/aromatic N) is 1. The molecule has 2 rings (SSSR count). The van der Waals surface area contributed by atoms with Crippen LogP contribution in [0.2, 0.25) is 0 Å². The van der Waals surface area contributed by atoms with E-state index in [9.17, 15) is 4.79 Å². The Morgan fingerprint density at radius 1 is 1.20 bits per heavy atom. The second kappa shape index (κ2) is 6.91. The highest BCUT2D eigenvalue weighted by molar-refractivity contribution is 5.75. The van der Waals surface area contributed by atoms with Crippen molar-refractivity contribution < 1.29 is 4.79 Å². The first kappa shape index (κ1) is 14.3. The van der Waals surface area contributed by atoms with Crippen LogP contribution in [0.25, 0.3) is 0 Å². The standard InChI is InChI=1S/C16H21N3O/c1-13(17-2)15-9-6-10-19(15)12-16(20)18-11-14-7-4-3-5-8-14/h3-10,13,17H,11-12H2,1-2H3,(H,18,20). The van der Waals surface area contributed by atoms with Crippen LogP contribution in [0.3, 0.4) is 0 Å². The maximum Gasteiger partial charge on any atom is 0.240 e. The number of benzene rings is 1. The van der Waals surface area contributed by atoms with E-state index in [4.69, 9.17) is 0 Å². The molecule has 0 bridgehead atoms. The maximum absolute atomic E-state index is 12.0. The number of carbonyl (C=O) groups excluding carboxylic acids is 1. The van der Waals surface area contributed by atoms with Crippen LogP contribution in [0, 0.1) is 0 Å². The summed E-state index contributed by atoms with van der Waals surface area (Å²) in [5, 5.41) is 6.13. The van der Waals surface area contributed by atoms with E-state index in [2.05, 4.69) is 17.6 Å². The molecule has 0 aliphatic carbocycles. The number of aromatic nitrogens is 1. The summed E-state index contributed by atoms with van der Waals surface area (Å²) in [5.41, 5.74) is 2.22. The second-order valence-electron chi connectivity index (χ2n) is 4.83. The van der Waals surface area contributed by atoms with Crippen molar-refractivity contribution >= 4 is 5.91 Å². The summed E-state index contributed by atoms with van der Waals surface area (Å²) < 4.78 is 1.97. The zero-order chi connectivity index (χ0) is 14.4. The van der Waals surface area contributed by atoms with E-state index in [1.54, 1.807) is 0 Å². The molecule has 1 aromatic heterocycles. The van der Waals surface area contributed by atoms with Gasteiger partial charge in [-0.2, -0.15) is 0 Å². The van der Waals surface area contributed by atoms with Crippen molar-refractivity contribution in [3.05, 3.63) is 59.9 Å². The second-order valence-corrected chi connectivity index (χ2v) is 4.83. The third-order valence-corrected chi connectivity index (χ3v) is 3.39. The van der Waals surface area contributed by atoms with Gasteiger partial charge in [0.05, 0.1) is 0 Å². The molecule has 0 saturated carbocycles. The SMILES string of the molecule is CNC(C)c1cccn1CC(=O)NCc1ccccc1. The summed E-state index contributed by atoms with van der Waals surface area (Å²) in [6.07, 6.45) is 1.94. The van der Waals surface area contributed by atoms with Gasteiger partial charge in [0.15, 0.2) is 0 Å². The van der Waals surface area contributed by atoms with Gasteiger partial charge >= 0.3 is 0 Å². The number of amides is 1. The van der Waals surface area contributed by atoms with E-state index in [0.29, 0.717) is 13.1 Å². The third kappa shape index (κ3) is 3.71. The number of hydrogen-bond donors (Lipinski definition) is 2. The van der Waals surface area contributed by atoms with Gasteiger partial charge in [-0.3, -0.25) is 4.79 Å². The molecular weight excluding hydrogens is 250 g/mol. The van der Waals surface area contributed by atoms with Gasteiger partial charge in [0, 0.05) is 24.5 Å². The summed E-state index contributed by atoms with van der Waals surface area (Å²) in [7, 11) is 1.91. The fourth-order valence-corrected chi connectivity index (χ4v) is 2.12. The maximum atomic E-state index is 12.0. The minimum atomic E-state index is 0.0228. The number of nitrogens with one attached hydrogen (secondary N) is 2. The van der Waals surface area contributed by atoms with Crippen molar-refractivity contribution in [2.75, 3.05) is 7.05 Å². The smallest absolute Gasteiger partial charge is 0.240 e. The van der Waals surface area contributed by atoms with Gasteiger partial charge in [0.25, 0.3) is 0 Å². The average Bonchev–Trinajstić information content (AvgIpc) is 2.93. The van der Waals surface area contributed by atoms with Gasteiger partial charge in [0.1, 0.15) is 6.54 Å². The van der Waals surface area contributed by atoms with Crippen LogP contribution >= 0.6 is 0 Å². The van der Waals surface area contributed by atoms with Crippen LogP contribution in [0.1, 0.15) is 24.2 Å². The minimum absolute atomic E-state index is 0.0228. The molecule has 2 N–H and O–H groups in total. The Balaban J connectivity index is 1.90. The molecule has 1 unspecified atom stereocenters. The fraction of sp³-hybridized carbons (Fsp3) is 0.312. The van der Waals surface area contributed by atoms with Crippen LogP contribution in [-0.2, 0) is 17.9 Å². The molecule has 106 valence electrons. The van der Waals surface area contributed by atoms with Gasteiger partial charge < -0.3 is 15.2 Å². The van der Waals surface area contributed by atoms with Crippen molar-refractivity contribution in [3.8, 4) is 0 Å². The van der Waals surface area contributed by atoms with E-state index in [1.807, 2.05) is 60.3 Å². The lowest BCUT2D eigenvalue weighted by Crippen LogP contribution is -2.28. The van der Waals surface area contributed by atoms with Crippen molar-refractivity contribution in [2.24, 2.45) is 0 Å². The van der Waals surface area contributed by atoms with Crippen molar-refractivity contribution in [3.63, 3.8) is 0 Å². The van der Waals surface area contributed by atoms with E-state index in [1.165, 1.54) is 0 Å². The van der Waals surface area contributed by atoms with Crippen LogP contribution in [0.5, 0.6) is 0 Å². The number of carbonyl (C=O) groups is 1. The molecule has 0 spiro atoms. The first-order valence-corrected chi connectivity index (χ1v) is 6.83. The molecule has 0 radical (unpaired) electrons. The van der Waals surface area contributed by atoms with Gasteiger partial charge in [-0.25, -0.2) is 0 Å². The Bertz CT molecular complexity index is 548. The summed E-state index contributed by atoms with van der Waals surface area (Å²) in [6, 6.07) is 14.2. The minimum Gasteiger partial charge on any atom is -0.350 e. The van der Waals surface area contributed by atoms with Crippen molar-refractivity contribution in [1.82, 2.24) is 15.2 Å². The molecule has 4 heteroatoms. The van der Waals surface area contributed by atoms with Gasteiger partial charge in [-0.05, 0) is 31.7 Å². The largest absolute Gasteiger partial charge is 0.350 e.